The number of hydrogen-bond donors (Lipinski definition) is 0. The molecule has 0 aromatic carbocycles. The van der Waals surface area contributed by atoms with E-state index in [9.17, 15) is 4.79 Å². The second-order valence-electron chi connectivity index (χ2n) is 3.94. The SMILES string of the molecule is C=CCOC(=O)c1nnn(CCN(C)C)c1C. The van der Waals surface area contributed by atoms with Gasteiger partial charge in [0.2, 0.25) is 0 Å². The molecule has 0 aliphatic heterocycles. The van der Waals surface area contributed by atoms with Crippen molar-refractivity contribution in [1.82, 2.24) is 19.9 Å². The van der Waals surface area contributed by atoms with Crippen LogP contribution in [0.15, 0.2) is 12.7 Å². The monoisotopic (exact) mass is 238 g/mol. The third-order valence-electron chi connectivity index (χ3n) is 2.27. The Labute approximate surface area is 101 Å². The van der Waals surface area contributed by atoms with Crippen molar-refractivity contribution in [1.29, 1.82) is 0 Å². The molecule has 0 saturated heterocycles. The summed E-state index contributed by atoms with van der Waals surface area (Å²) in [5, 5.41) is 7.76. The van der Waals surface area contributed by atoms with Gasteiger partial charge in [-0.15, -0.1) is 5.10 Å². The fraction of sp³-hybridized carbons (Fsp3) is 0.545. The van der Waals surface area contributed by atoms with E-state index in [2.05, 4.69) is 16.9 Å². The van der Waals surface area contributed by atoms with Crippen LogP contribution in [0.1, 0.15) is 16.2 Å². The van der Waals surface area contributed by atoms with Crippen LogP contribution in [0.4, 0.5) is 0 Å². The summed E-state index contributed by atoms with van der Waals surface area (Å²) >= 11 is 0. The zero-order valence-electron chi connectivity index (χ0n) is 10.5. The van der Waals surface area contributed by atoms with Gasteiger partial charge in [0, 0.05) is 6.54 Å². The third-order valence-corrected chi connectivity index (χ3v) is 2.27. The normalized spacial score (nSPS) is 10.6. The summed E-state index contributed by atoms with van der Waals surface area (Å²) in [6.07, 6.45) is 1.52. The van der Waals surface area contributed by atoms with Crippen LogP contribution in [0.3, 0.4) is 0 Å². The fourth-order valence-corrected chi connectivity index (χ4v) is 1.26. The van der Waals surface area contributed by atoms with Crippen LogP contribution in [-0.4, -0.2) is 53.1 Å². The highest BCUT2D eigenvalue weighted by Crippen LogP contribution is 2.05. The van der Waals surface area contributed by atoms with Crippen LogP contribution in [0, 0.1) is 6.92 Å². The fourth-order valence-electron chi connectivity index (χ4n) is 1.26. The van der Waals surface area contributed by atoms with Gasteiger partial charge in [-0.05, 0) is 21.0 Å². The Bertz CT molecular complexity index is 398. The average Bonchev–Trinajstić information content (AvgIpc) is 2.65. The Morgan fingerprint density at radius 2 is 2.29 bits per heavy atom. The summed E-state index contributed by atoms with van der Waals surface area (Å²) in [6.45, 7) is 7.00. The van der Waals surface area contributed by atoms with Gasteiger partial charge in [-0.1, -0.05) is 17.9 Å². The van der Waals surface area contributed by atoms with E-state index in [-0.39, 0.29) is 12.3 Å². The molecule has 0 N–H and O–H groups in total. The topological polar surface area (TPSA) is 60.2 Å². The minimum atomic E-state index is -0.460. The van der Waals surface area contributed by atoms with E-state index in [1.807, 2.05) is 19.0 Å². The maximum atomic E-state index is 11.6. The van der Waals surface area contributed by atoms with Crippen LogP contribution >= 0.6 is 0 Å². The first-order valence-electron chi connectivity index (χ1n) is 5.39. The molecular formula is C11H18N4O2. The molecule has 1 rings (SSSR count). The smallest absolute Gasteiger partial charge is 0.361 e. The molecule has 0 unspecified atom stereocenters. The van der Waals surface area contributed by atoms with Gasteiger partial charge < -0.3 is 9.64 Å². The molecule has 6 heteroatoms. The molecule has 0 radical (unpaired) electrons. The van der Waals surface area contributed by atoms with Crippen molar-refractivity contribution in [2.24, 2.45) is 0 Å². The lowest BCUT2D eigenvalue weighted by molar-refractivity contribution is 0.0542. The van der Waals surface area contributed by atoms with Crippen molar-refractivity contribution in [2.45, 2.75) is 13.5 Å². The number of carbonyl (C=O) groups excluding carboxylic acids is 1. The van der Waals surface area contributed by atoms with Crippen molar-refractivity contribution in [3.8, 4) is 0 Å². The maximum absolute atomic E-state index is 11.6. The van der Waals surface area contributed by atoms with Gasteiger partial charge in [0.15, 0.2) is 5.69 Å². The first kappa shape index (κ1) is 13.4. The molecule has 0 amide bonds. The number of esters is 1. The summed E-state index contributed by atoms with van der Waals surface area (Å²) < 4.78 is 6.61. The number of rotatable bonds is 6. The van der Waals surface area contributed by atoms with Crippen molar-refractivity contribution in [2.75, 3.05) is 27.2 Å². The molecular weight excluding hydrogens is 220 g/mol. The number of aromatic nitrogens is 3. The summed E-state index contributed by atoms with van der Waals surface area (Å²) in [5.41, 5.74) is 0.992. The molecule has 0 fully saturated rings. The van der Waals surface area contributed by atoms with Gasteiger partial charge in [-0.3, -0.25) is 0 Å². The molecule has 6 nitrogen and oxygen atoms in total. The summed E-state index contributed by atoms with van der Waals surface area (Å²) in [5.74, 6) is -0.460. The van der Waals surface area contributed by atoms with E-state index in [0.29, 0.717) is 6.54 Å². The van der Waals surface area contributed by atoms with Crippen LogP contribution in [0.2, 0.25) is 0 Å². The van der Waals surface area contributed by atoms with Crippen molar-refractivity contribution in [3.63, 3.8) is 0 Å². The highest BCUT2D eigenvalue weighted by atomic mass is 16.5. The van der Waals surface area contributed by atoms with Gasteiger partial charge in [0.25, 0.3) is 0 Å². The number of carbonyl (C=O) groups is 1. The van der Waals surface area contributed by atoms with E-state index in [0.717, 1.165) is 12.2 Å². The largest absolute Gasteiger partial charge is 0.457 e. The summed E-state index contributed by atoms with van der Waals surface area (Å²) in [6, 6.07) is 0. The molecule has 0 saturated carbocycles. The van der Waals surface area contributed by atoms with Crippen LogP contribution in [0.25, 0.3) is 0 Å². The lowest BCUT2D eigenvalue weighted by Gasteiger charge is -2.09. The molecule has 0 bridgehead atoms. The lowest BCUT2D eigenvalue weighted by Crippen LogP contribution is -2.20. The molecule has 0 aliphatic rings. The highest BCUT2D eigenvalue weighted by Gasteiger charge is 2.17. The molecule has 1 aromatic heterocycles. The Morgan fingerprint density at radius 1 is 1.59 bits per heavy atom. The predicted octanol–water partition coefficient (Wildman–Crippen LogP) is 0.491. The molecule has 94 valence electrons. The van der Waals surface area contributed by atoms with E-state index in [4.69, 9.17) is 4.74 Å². The Hall–Kier alpha value is -1.69. The molecule has 1 heterocycles. The molecule has 17 heavy (non-hydrogen) atoms. The van der Waals surface area contributed by atoms with Gasteiger partial charge >= 0.3 is 5.97 Å². The van der Waals surface area contributed by atoms with E-state index >= 15 is 0 Å². The molecule has 0 spiro atoms. The van der Waals surface area contributed by atoms with E-state index < -0.39 is 5.97 Å². The zero-order chi connectivity index (χ0) is 12.8. The minimum Gasteiger partial charge on any atom is -0.457 e. The summed E-state index contributed by atoms with van der Waals surface area (Å²) in [7, 11) is 3.96. The van der Waals surface area contributed by atoms with Crippen molar-refractivity contribution >= 4 is 5.97 Å². The minimum absolute atomic E-state index is 0.183. The molecule has 0 aliphatic carbocycles. The number of likely N-dealkylation sites (N-methyl/N-ethyl adjacent to an activating group) is 1. The first-order chi connectivity index (χ1) is 8.06. The quantitative estimate of drug-likeness (QED) is 0.533. The number of ether oxygens (including phenoxy) is 1. The average molecular weight is 238 g/mol. The molecule has 0 atom stereocenters. The van der Waals surface area contributed by atoms with Crippen LogP contribution in [-0.2, 0) is 11.3 Å². The Morgan fingerprint density at radius 3 is 2.88 bits per heavy atom. The predicted molar refractivity (Wildman–Crippen MR) is 63.8 cm³/mol. The second kappa shape index (κ2) is 6.15. The van der Waals surface area contributed by atoms with Gasteiger partial charge in [-0.25, -0.2) is 9.48 Å². The second-order valence-corrected chi connectivity index (χ2v) is 3.94. The van der Waals surface area contributed by atoms with Crippen LogP contribution < -0.4 is 0 Å². The zero-order valence-corrected chi connectivity index (χ0v) is 10.5. The van der Waals surface area contributed by atoms with E-state index in [1.165, 1.54) is 6.08 Å². The number of hydrogen-bond acceptors (Lipinski definition) is 5. The Balaban J connectivity index is 2.69. The summed E-state index contributed by atoms with van der Waals surface area (Å²) in [4.78, 5) is 13.6. The third kappa shape index (κ3) is 3.67. The highest BCUT2D eigenvalue weighted by molar-refractivity contribution is 5.88. The van der Waals surface area contributed by atoms with Gasteiger partial charge in [0.1, 0.15) is 6.61 Å². The van der Waals surface area contributed by atoms with Crippen molar-refractivity contribution in [3.05, 3.63) is 24.0 Å². The van der Waals surface area contributed by atoms with Crippen molar-refractivity contribution < 1.29 is 9.53 Å². The Kier molecular flexibility index (Phi) is 4.84. The number of nitrogens with zero attached hydrogens (tertiary/aromatic N) is 4. The van der Waals surface area contributed by atoms with Gasteiger partial charge in [-0.2, -0.15) is 0 Å². The first-order valence-corrected chi connectivity index (χ1v) is 5.39. The van der Waals surface area contributed by atoms with Crippen LogP contribution in [0.5, 0.6) is 0 Å². The maximum Gasteiger partial charge on any atom is 0.361 e. The molecule has 1 aromatic rings. The van der Waals surface area contributed by atoms with E-state index in [1.54, 1.807) is 11.6 Å². The lowest BCUT2D eigenvalue weighted by atomic mass is 10.3. The standard InChI is InChI=1S/C11H18N4O2/c1-5-8-17-11(16)10-9(2)15(13-12-10)7-6-14(3)4/h5H,1,6-8H2,2-4H3. The van der Waals surface area contributed by atoms with Gasteiger partial charge in [0.05, 0.1) is 12.2 Å².